The van der Waals surface area contributed by atoms with Gasteiger partial charge in [0.05, 0.1) is 6.10 Å². The molecular formula is C24H38O4. The zero-order chi connectivity index (χ0) is 20.3. The molecule has 4 rings (SSSR count). The molecule has 2 N–H and O–H groups in total. The quantitative estimate of drug-likeness (QED) is 0.730. The molecule has 28 heavy (non-hydrogen) atoms. The van der Waals surface area contributed by atoms with Crippen molar-refractivity contribution in [1.29, 1.82) is 0 Å². The molecule has 0 radical (unpaired) electrons. The number of rotatable bonds is 4. The molecule has 4 heteroatoms. The van der Waals surface area contributed by atoms with E-state index in [0.717, 1.165) is 19.3 Å². The summed E-state index contributed by atoms with van der Waals surface area (Å²) in [6.07, 6.45) is 8.80. The molecule has 4 aliphatic rings. The second-order valence-electron chi connectivity index (χ2n) is 11.2. The second kappa shape index (κ2) is 7.11. The third-order valence-electron chi connectivity index (χ3n) is 10.0. The van der Waals surface area contributed by atoms with Gasteiger partial charge in [-0.25, -0.2) is 0 Å². The summed E-state index contributed by atoms with van der Waals surface area (Å²) in [6.45, 7) is 7.05. The van der Waals surface area contributed by atoms with Gasteiger partial charge in [-0.05, 0) is 91.8 Å². The highest BCUT2D eigenvalue weighted by Crippen LogP contribution is 2.67. The van der Waals surface area contributed by atoms with E-state index >= 15 is 0 Å². The summed E-state index contributed by atoms with van der Waals surface area (Å²) in [6, 6.07) is 0. The van der Waals surface area contributed by atoms with Crippen LogP contribution in [0.4, 0.5) is 0 Å². The van der Waals surface area contributed by atoms with Gasteiger partial charge in [-0.3, -0.25) is 9.59 Å². The van der Waals surface area contributed by atoms with Crippen LogP contribution in [0, 0.1) is 46.3 Å². The molecule has 0 aromatic rings. The fourth-order valence-corrected chi connectivity index (χ4v) is 8.55. The molecule has 158 valence electrons. The Morgan fingerprint density at radius 1 is 1.11 bits per heavy atom. The molecule has 0 amide bonds. The first-order valence-corrected chi connectivity index (χ1v) is 11.6. The summed E-state index contributed by atoms with van der Waals surface area (Å²) < 4.78 is 0. The Kier molecular flexibility index (Phi) is 5.17. The number of carboxylic acid groups (broad SMARTS) is 1. The van der Waals surface area contributed by atoms with Crippen molar-refractivity contribution in [2.75, 3.05) is 0 Å². The van der Waals surface area contributed by atoms with E-state index in [-0.39, 0.29) is 29.3 Å². The summed E-state index contributed by atoms with van der Waals surface area (Å²) in [5.74, 6) is 2.54. The lowest BCUT2D eigenvalue weighted by Crippen LogP contribution is -2.57. The van der Waals surface area contributed by atoms with Crippen LogP contribution < -0.4 is 0 Å². The number of carbonyl (C=O) groups excluding carboxylic acids is 1. The Morgan fingerprint density at radius 2 is 1.79 bits per heavy atom. The monoisotopic (exact) mass is 390 g/mol. The number of aliphatic hydroxyl groups is 1. The van der Waals surface area contributed by atoms with Gasteiger partial charge in [-0.2, -0.15) is 0 Å². The molecule has 0 aromatic carbocycles. The van der Waals surface area contributed by atoms with Crippen LogP contribution in [0.1, 0.15) is 85.0 Å². The molecule has 0 bridgehead atoms. The van der Waals surface area contributed by atoms with Crippen LogP contribution in [-0.2, 0) is 9.59 Å². The van der Waals surface area contributed by atoms with E-state index in [0.29, 0.717) is 48.2 Å². The molecule has 4 unspecified atom stereocenters. The molecule has 4 saturated carbocycles. The zero-order valence-corrected chi connectivity index (χ0v) is 17.8. The standard InChI is InChI=1S/C24H38O4/c1-14(4-7-22(27)28)17-5-6-18-16-13-21(26)20-12-15(25)8-10-24(20,3)19(16)9-11-23(17,18)2/h14-20,25H,4-13H2,1-3H3,(H,27,28)/t14-,15-,16?,17-,18?,19?,20?,23-,24-/m1/s1. The van der Waals surface area contributed by atoms with Crippen molar-refractivity contribution in [2.24, 2.45) is 46.3 Å². The lowest BCUT2D eigenvalue weighted by atomic mass is 9.44. The minimum Gasteiger partial charge on any atom is -0.481 e. The first kappa shape index (κ1) is 20.4. The van der Waals surface area contributed by atoms with Gasteiger partial charge in [0, 0.05) is 18.8 Å². The van der Waals surface area contributed by atoms with E-state index in [1.165, 1.54) is 25.7 Å². The Hall–Kier alpha value is -0.900. The average molecular weight is 391 g/mol. The largest absolute Gasteiger partial charge is 0.481 e. The van der Waals surface area contributed by atoms with Crippen LogP contribution in [-0.4, -0.2) is 28.1 Å². The van der Waals surface area contributed by atoms with Crippen LogP contribution in [0.3, 0.4) is 0 Å². The maximum atomic E-state index is 13.1. The number of hydrogen-bond donors (Lipinski definition) is 2. The average Bonchev–Trinajstić information content (AvgIpc) is 2.99. The summed E-state index contributed by atoms with van der Waals surface area (Å²) in [7, 11) is 0. The topological polar surface area (TPSA) is 74.6 Å². The smallest absolute Gasteiger partial charge is 0.303 e. The molecule has 0 spiro atoms. The number of aliphatic carboxylic acids is 1. The van der Waals surface area contributed by atoms with E-state index in [4.69, 9.17) is 5.11 Å². The predicted molar refractivity (Wildman–Crippen MR) is 108 cm³/mol. The number of Topliss-reactive ketones (excluding diaryl/α,β-unsaturated/α-hetero) is 1. The van der Waals surface area contributed by atoms with Gasteiger partial charge >= 0.3 is 5.97 Å². The minimum atomic E-state index is -0.688. The molecule has 0 saturated heterocycles. The fraction of sp³-hybridized carbons (Fsp3) is 0.917. The van der Waals surface area contributed by atoms with E-state index in [1.54, 1.807) is 0 Å². The first-order valence-electron chi connectivity index (χ1n) is 11.6. The first-order chi connectivity index (χ1) is 13.2. The molecule has 4 aliphatic carbocycles. The SMILES string of the molecule is C[C@H](CCC(=O)O)[C@H]1CCC2C3CC(=O)C4C[C@H](O)CC[C@]4(C)C3CC[C@@]21C. The van der Waals surface area contributed by atoms with Gasteiger partial charge in [-0.15, -0.1) is 0 Å². The third kappa shape index (κ3) is 3.05. The number of fused-ring (bicyclic) bond motifs is 5. The Bertz CT molecular complexity index is 645. The number of carboxylic acids is 1. The lowest BCUT2D eigenvalue weighted by Gasteiger charge is -2.60. The second-order valence-corrected chi connectivity index (χ2v) is 11.2. The van der Waals surface area contributed by atoms with Crippen molar-refractivity contribution in [3.8, 4) is 0 Å². The minimum absolute atomic E-state index is 0.0635. The van der Waals surface area contributed by atoms with Crippen LogP contribution >= 0.6 is 0 Å². The van der Waals surface area contributed by atoms with Crippen molar-refractivity contribution >= 4 is 11.8 Å². The molecule has 0 aliphatic heterocycles. The summed E-state index contributed by atoms with van der Waals surface area (Å²) in [5, 5.41) is 19.2. The Morgan fingerprint density at radius 3 is 2.50 bits per heavy atom. The molecular weight excluding hydrogens is 352 g/mol. The molecule has 9 atom stereocenters. The van der Waals surface area contributed by atoms with Crippen molar-refractivity contribution < 1.29 is 19.8 Å². The van der Waals surface area contributed by atoms with Crippen molar-refractivity contribution in [2.45, 2.75) is 91.1 Å². The molecule has 0 aromatic heterocycles. The maximum Gasteiger partial charge on any atom is 0.303 e. The van der Waals surface area contributed by atoms with Crippen molar-refractivity contribution in [1.82, 2.24) is 0 Å². The van der Waals surface area contributed by atoms with Gasteiger partial charge < -0.3 is 10.2 Å². The highest BCUT2D eigenvalue weighted by Gasteiger charge is 2.62. The van der Waals surface area contributed by atoms with Gasteiger partial charge in [0.1, 0.15) is 5.78 Å². The van der Waals surface area contributed by atoms with Crippen LogP contribution in [0.25, 0.3) is 0 Å². The number of carbonyl (C=O) groups is 2. The van der Waals surface area contributed by atoms with E-state index in [9.17, 15) is 14.7 Å². The summed E-state index contributed by atoms with van der Waals surface area (Å²) >= 11 is 0. The van der Waals surface area contributed by atoms with Gasteiger partial charge in [-0.1, -0.05) is 20.8 Å². The number of hydrogen-bond acceptors (Lipinski definition) is 3. The van der Waals surface area contributed by atoms with E-state index < -0.39 is 5.97 Å². The Balaban J connectivity index is 1.55. The van der Waals surface area contributed by atoms with Crippen molar-refractivity contribution in [3.05, 3.63) is 0 Å². The van der Waals surface area contributed by atoms with Gasteiger partial charge in [0.25, 0.3) is 0 Å². The number of aliphatic hydroxyl groups excluding tert-OH is 1. The van der Waals surface area contributed by atoms with Crippen LogP contribution in [0.5, 0.6) is 0 Å². The lowest BCUT2D eigenvalue weighted by molar-refractivity contribution is -0.160. The van der Waals surface area contributed by atoms with Crippen LogP contribution in [0.15, 0.2) is 0 Å². The van der Waals surface area contributed by atoms with Gasteiger partial charge in [0.2, 0.25) is 0 Å². The van der Waals surface area contributed by atoms with Crippen LogP contribution in [0.2, 0.25) is 0 Å². The Labute approximate surface area is 169 Å². The number of ketones is 1. The predicted octanol–water partition coefficient (Wildman–Crippen LogP) is 4.69. The highest BCUT2D eigenvalue weighted by atomic mass is 16.4. The van der Waals surface area contributed by atoms with E-state index in [2.05, 4.69) is 20.8 Å². The maximum absolute atomic E-state index is 13.1. The summed E-state index contributed by atoms with van der Waals surface area (Å²) in [4.78, 5) is 24.2. The van der Waals surface area contributed by atoms with E-state index in [1.807, 2.05) is 0 Å². The third-order valence-corrected chi connectivity index (χ3v) is 10.0. The molecule has 4 fully saturated rings. The molecule has 4 nitrogen and oxygen atoms in total. The normalized spacial score (nSPS) is 49.1. The highest BCUT2D eigenvalue weighted by molar-refractivity contribution is 5.83. The van der Waals surface area contributed by atoms with Crippen molar-refractivity contribution in [3.63, 3.8) is 0 Å². The van der Waals surface area contributed by atoms with Gasteiger partial charge in [0.15, 0.2) is 0 Å². The zero-order valence-electron chi connectivity index (χ0n) is 17.8. The summed E-state index contributed by atoms with van der Waals surface area (Å²) in [5.41, 5.74) is 0.338. The molecule has 0 heterocycles. The fourth-order valence-electron chi connectivity index (χ4n) is 8.55.